The highest BCUT2D eigenvalue weighted by atomic mass is 35.5. The SMILES string of the molecule is CC1(C)CCC(CN2CCC[C@@H](N)C2)CC1.Cl. The van der Waals surface area contributed by atoms with E-state index < -0.39 is 0 Å². The van der Waals surface area contributed by atoms with Gasteiger partial charge in [-0.25, -0.2) is 0 Å². The third-order valence-electron chi connectivity index (χ3n) is 4.52. The molecule has 2 rings (SSSR count). The van der Waals surface area contributed by atoms with Gasteiger partial charge in [-0.3, -0.25) is 0 Å². The van der Waals surface area contributed by atoms with Crippen molar-refractivity contribution in [1.82, 2.24) is 4.90 Å². The molecule has 3 heteroatoms. The van der Waals surface area contributed by atoms with Crippen LogP contribution in [0.3, 0.4) is 0 Å². The molecular formula is C14H29ClN2. The lowest BCUT2D eigenvalue weighted by atomic mass is 9.73. The van der Waals surface area contributed by atoms with Crippen molar-refractivity contribution in [2.45, 2.75) is 58.4 Å². The third kappa shape index (κ3) is 4.76. The standard InChI is InChI=1S/C14H28N2.ClH/c1-14(2)7-5-12(6-8-14)10-16-9-3-4-13(15)11-16;/h12-13H,3-11,15H2,1-2H3;1H/t13-;/m1./s1. The smallest absolute Gasteiger partial charge is 0.0168 e. The number of hydrogen-bond donors (Lipinski definition) is 1. The number of nitrogens with zero attached hydrogens (tertiary/aromatic N) is 1. The molecule has 0 aromatic carbocycles. The van der Waals surface area contributed by atoms with Crippen molar-refractivity contribution in [3.05, 3.63) is 0 Å². The minimum atomic E-state index is 0. The molecule has 0 amide bonds. The molecule has 2 fully saturated rings. The Labute approximate surface area is 113 Å². The first-order valence-electron chi connectivity index (χ1n) is 7.03. The van der Waals surface area contributed by atoms with E-state index in [4.69, 9.17) is 5.73 Å². The lowest BCUT2D eigenvalue weighted by molar-refractivity contribution is 0.126. The maximum absolute atomic E-state index is 6.03. The molecule has 2 nitrogen and oxygen atoms in total. The predicted octanol–water partition coefficient (Wildman–Crippen LogP) is 3.05. The van der Waals surface area contributed by atoms with Crippen LogP contribution in [-0.4, -0.2) is 30.6 Å². The highest BCUT2D eigenvalue weighted by Gasteiger charge is 2.28. The summed E-state index contributed by atoms with van der Waals surface area (Å²) in [6, 6.07) is 0.439. The largest absolute Gasteiger partial charge is 0.327 e. The highest BCUT2D eigenvalue weighted by Crippen LogP contribution is 2.38. The van der Waals surface area contributed by atoms with E-state index in [-0.39, 0.29) is 12.4 Å². The topological polar surface area (TPSA) is 29.3 Å². The Morgan fingerprint density at radius 3 is 2.41 bits per heavy atom. The molecule has 1 heterocycles. The second-order valence-electron chi connectivity index (χ2n) is 6.77. The van der Waals surface area contributed by atoms with Crippen LogP contribution >= 0.6 is 12.4 Å². The highest BCUT2D eigenvalue weighted by molar-refractivity contribution is 5.85. The van der Waals surface area contributed by atoms with Crippen LogP contribution in [0, 0.1) is 11.3 Å². The summed E-state index contributed by atoms with van der Waals surface area (Å²) in [7, 11) is 0. The fourth-order valence-corrected chi connectivity index (χ4v) is 3.26. The van der Waals surface area contributed by atoms with Gasteiger partial charge >= 0.3 is 0 Å². The van der Waals surface area contributed by atoms with Gasteiger partial charge in [0.2, 0.25) is 0 Å². The average molecular weight is 261 g/mol. The number of rotatable bonds is 2. The second-order valence-corrected chi connectivity index (χ2v) is 6.77. The quantitative estimate of drug-likeness (QED) is 0.827. The Balaban J connectivity index is 0.00000144. The summed E-state index contributed by atoms with van der Waals surface area (Å²) >= 11 is 0. The number of halogens is 1. The van der Waals surface area contributed by atoms with Gasteiger partial charge in [0, 0.05) is 19.1 Å². The van der Waals surface area contributed by atoms with Gasteiger partial charge in [-0.15, -0.1) is 12.4 Å². The van der Waals surface area contributed by atoms with E-state index >= 15 is 0 Å². The van der Waals surface area contributed by atoms with E-state index in [2.05, 4.69) is 18.7 Å². The molecule has 0 unspecified atom stereocenters. The average Bonchev–Trinajstić information content (AvgIpc) is 2.21. The summed E-state index contributed by atoms with van der Waals surface area (Å²) in [5, 5.41) is 0. The van der Waals surface area contributed by atoms with Crippen molar-refractivity contribution in [3.8, 4) is 0 Å². The van der Waals surface area contributed by atoms with E-state index in [1.165, 1.54) is 51.6 Å². The molecule has 2 aliphatic rings. The zero-order chi connectivity index (χ0) is 11.6. The fraction of sp³-hybridized carbons (Fsp3) is 1.00. The van der Waals surface area contributed by atoms with Gasteiger partial charge in [0.25, 0.3) is 0 Å². The third-order valence-corrected chi connectivity index (χ3v) is 4.52. The minimum Gasteiger partial charge on any atom is -0.327 e. The van der Waals surface area contributed by atoms with Crippen LogP contribution in [0.15, 0.2) is 0 Å². The van der Waals surface area contributed by atoms with Crippen molar-refractivity contribution in [2.75, 3.05) is 19.6 Å². The molecule has 1 saturated carbocycles. The number of nitrogens with two attached hydrogens (primary N) is 1. The molecule has 0 aromatic heterocycles. The molecule has 2 N–H and O–H groups in total. The van der Waals surface area contributed by atoms with E-state index in [9.17, 15) is 0 Å². The first-order valence-corrected chi connectivity index (χ1v) is 7.03. The van der Waals surface area contributed by atoms with Gasteiger partial charge in [-0.1, -0.05) is 13.8 Å². The van der Waals surface area contributed by atoms with Crippen molar-refractivity contribution in [3.63, 3.8) is 0 Å². The van der Waals surface area contributed by atoms with Crippen LogP contribution in [0.2, 0.25) is 0 Å². The van der Waals surface area contributed by atoms with Crippen molar-refractivity contribution in [1.29, 1.82) is 0 Å². The lowest BCUT2D eigenvalue weighted by Gasteiger charge is -2.38. The summed E-state index contributed by atoms with van der Waals surface area (Å²) in [6.07, 6.45) is 8.22. The first kappa shape index (κ1) is 15.3. The van der Waals surface area contributed by atoms with Crippen LogP contribution < -0.4 is 5.73 Å². The van der Waals surface area contributed by atoms with Gasteiger partial charge in [-0.05, 0) is 56.4 Å². The normalized spacial score (nSPS) is 30.9. The predicted molar refractivity (Wildman–Crippen MR) is 76.6 cm³/mol. The van der Waals surface area contributed by atoms with Crippen LogP contribution in [0.1, 0.15) is 52.4 Å². The van der Waals surface area contributed by atoms with Crippen LogP contribution in [0.5, 0.6) is 0 Å². The number of hydrogen-bond acceptors (Lipinski definition) is 2. The Bertz CT molecular complexity index is 220. The molecule has 0 aromatic rings. The lowest BCUT2D eigenvalue weighted by Crippen LogP contribution is -2.45. The molecule has 0 bridgehead atoms. The first-order chi connectivity index (χ1) is 7.55. The maximum atomic E-state index is 6.03. The van der Waals surface area contributed by atoms with E-state index in [0.717, 1.165) is 12.5 Å². The van der Waals surface area contributed by atoms with Gasteiger partial charge < -0.3 is 10.6 Å². The minimum absolute atomic E-state index is 0. The Morgan fingerprint density at radius 2 is 1.82 bits per heavy atom. The second kappa shape index (κ2) is 6.40. The molecule has 0 spiro atoms. The number of piperidine rings is 1. The Hall–Kier alpha value is 0.210. The molecular weight excluding hydrogens is 232 g/mol. The monoisotopic (exact) mass is 260 g/mol. The Kier molecular flexibility index (Phi) is 5.75. The van der Waals surface area contributed by atoms with Gasteiger partial charge in [0.05, 0.1) is 0 Å². The van der Waals surface area contributed by atoms with Crippen molar-refractivity contribution < 1.29 is 0 Å². The zero-order valence-corrected chi connectivity index (χ0v) is 12.3. The molecule has 1 aliphatic carbocycles. The number of likely N-dealkylation sites (tertiary alicyclic amines) is 1. The van der Waals surface area contributed by atoms with Crippen molar-refractivity contribution >= 4 is 12.4 Å². The van der Waals surface area contributed by atoms with Crippen LogP contribution in [0.4, 0.5) is 0 Å². The summed E-state index contributed by atoms with van der Waals surface area (Å²) in [5.41, 5.74) is 6.64. The van der Waals surface area contributed by atoms with Gasteiger partial charge in [0.1, 0.15) is 0 Å². The van der Waals surface area contributed by atoms with E-state index in [1.54, 1.807) is 0 Å². The van der Waals surface area contributed by atoms with E-state index in [0.29, 0.717) is 11.5 Å². The van der Waals surface area contributed by atoms with Gasteiger partial charge in [-0.2, -0.15) is 0 Å². The van der Waals surface area contributed by atoms with Gasteiger partial charge in [0.15, 0.2) is 0 Å². The van der Waals surface area contributed by atoms with Crippen LogP contribution in [-0.2, 0) is 0 Å². The van der Waals surface area contributed by atoms with Crippen LogP contribution in [0.25, 0.3) is 0 Å². The summed E-state index contributed by atoms with van der Waals surface area (Å²) in [6.45, 7) is 8.57. The molecule has 1 saturated heterocycles. The molecule has 17 heavy (non-hydrogen) atoms. The Morgan fingerprint density at radius 1 is 1.18 bits per heavy atom. The molecule has 102 valence electrons. The van der Waals surface area contributed by atoms with E-state index in [1.807, 2.05) is 0 Å². The maximum Gasteiger partial charge on any atom is 0.0168 e. The molecule has 1 atom stereocenters. The molecule has 0 radical (unpaired) electrons. The molecule has 1 aliphatic heterocycles. The summed E-state index contributed by atoms with van der Waals surface area (Å²) in [4.78, 5) is 2.61. The summed E-state index contributed by atoms with van der Waals surface area (Å²) in [5.74, 6) is 0.943. The van der Waals surface area contributed by atoms with Crippen molar-refractivity contribution in [2.24, 2.45) is 17.1 Å². The zero-order valence-electron chi connectivity index (χ0n) is 11.5. The summed E-state index contributed by atoms with van der Waals surface area (Å²) < 4.78 is 0. The fourth-order valence-electron chi connectivity index (χ4n) is 3.26.